The van der Waals surface area contributed by atoms with Crippen molar-refractivity contribution in [2.75, 3.05) is 54.1 Å². The van der Waals surface area contributed by atoms with Gasteiger partial charge in [-0.05, 0) is 96.3 Å². The van der Waals surface area contributed by atoms with Gasteiger partial charge in [0.05, 0.1) is 34.4 Å². The molecular weight excluding hydrogens is 806 g/mol. The molecule has 0 spiro atoms. The summed E-state index contributed by atoms with van der Waals surface area (Å²) in [5.74, 6) is -0.336. The Labute approximate surface area is 387 Å². The van der Waals surface area contributed by atoms with Gasteiger partial charge in [-0.3, -0.25) is 13.8 Å². The molecule has 8 nitrogen and oxygen atoms in total. The first-order valence-electron chi connectivity index (χ1n) is 25.0. The number of phosphoric acid groups is 1. The van der Waals surface area contributed by atoms with Crippen LogP contribution in [0.4, 0.5) is 0 Å². The molecule has 0 fully saturated rings. The van der Waals surface area contributed by atoms with Crippen LogP contribution in [0.3, 0.4) is 0 Å². The van der Waals surface area contributed by atoms with E-state index in [0.29, 0.717) is 24.1 Å². The van der Waals surface area contributed by atoms with Crippen LogP contribution in [-0.4, -0.2) is 75.6 Å². The molecule has 0 aliphatic carbocycles. The Morgan fingerprint density at radius 2 is 0.921 bits per heavy atom. The molecule has 0 aromatic rings. The second-order valence-electron chi connectivity index (χ2n) is 17.5. The Balaban J connectivity index is 4.25. The molecule has 0 aliphatic heterocycles. The summed E-state index contributed by atoms with van der Waals surface area (Å²) >= 11 is 0. The standard InChI is InChI=1S/C54H94NO7P/c1-6-8-10-12-14-16-18-20-22-23-24-25-26-27-28-29-30-31-32-34-36-38-40-42-44-46-49-59-51-53(52-61-63(57,58)60-50-48-55(3,4)5)62-54(56)47-45-43-41-39-37-35-33-21-19-17-15-13-11-9-7-2/h8,10,14,16,20-22,24-25,27-28,30-31,33-34,36,53H,6-7,9,11-13,15,17-19,23,26,29,32,35,37-52H2,1-5H3/p+1/b10-8-,16-14-,22-20-,25-24-,28-27-,31-30-,33-21-,36-34-. The van der Waals surface area contributed by atoms with Crippen molar-refractivity contribution >= 4 is 13.8 Å². The van der Waals surface area contributed by atoms with Crippen LogP contribution in [0.5, 0.6) is 0 Å². The fraction of sp³-hybridized carbons (Fsp3) is 0.685. The summed E-state index contributed by atoms with van der Waals surface area (Å²) in [4.78, 5) is 23.0. The average molecular weight is 901 g/mol. The van der Waals surface area contributed by atoms with E-state index in [0.717, 1.165) is 109 Å². The zero-order valence-electron chi connectivity index (χ0n) is 41.0. The summed E-state index contributed by atoms with van der Waals surface area (Å²) in [6, 6.07) is 0. The maximum Gasteiger partial charge on any atom is 0.472 e. The molecule has 0 aromatic carbocycles. The molecule has 0 heterocycles. The van der Waals surface area contributed by atoms with Crippen LogP contribution in [0.1, 0.15) is 181 Å². The third kappa shape index (κ3) is 50.3. The highest BCUT2D eigenvalue weighted by atomic mass is 31.2. The maximum absolute atomic E-state index is 12.7. The van der Waals surface area contributed by atoms with E-state index in [1.54, 1.807) is 0 Å². The highest BCUT2D eigenvalue weighted by Gasteiger charge is 2.26. The summed E-state index contributed by atoms with van der Waals surface area (Å²) in [5.41, 5.74) is 0. The molecule has 0 rings (SSSR count). The van der Waals surface area contributed by atoms with Crippen molar-refractivity contribution in [3.05, 3.63) is 97.2 Å². The van der Waals surface area contributed by atoms with Gasteiger partial charge in [0.2, 0.25) is 0 Å². The second kappa shape index (κ2) is 46.0. The molecule has 63 heavy (non-hydrogen) atoms. The van der Waals surface area contributed by atoms with Crippen LogP contribution in [0.25, 0.3) is 0 Å². The normalized spacial score (nSPS) is 14.4. The first-order valence-corrected chi connectivity index (χ1v) is 26.5. The molecule has 362 valence electrons. The van der Waals surface area contributed by atoms with Crippen molar-refractivity contribution in [2.45, 2.75) is 187 Å². The summed E-state index contributed by atoms with van der Waals surface area (Å²) in [6.07, 6.45) is 63.1. The highest BCUT2D eigenvalue weighted by molar-refractivity contribution is 7.47. The van der Waals surface area contributed by atoms with Gasteiger partial charge in [-0.2, -0.15) is 0 Å². The van der Waals surface area contributed by atoms with Gasteiger partial charge in [0.1, 0.15) is 19.3 Å². The van der Waals surface area contributed by atoms with Gasteiger partial charge in [-0.1, -0.05) is 175 Å². The second-order valence-corrected chi connectivity index (χ2v) is 18.9. The number of likely N-dealkylation sites (N-methyl/N-ethyl adjacent to an activating group) is 1. The minimum Gasteiger partial charge on any atom is -0.457 e. The van der Waals surface area contributed by atoms with Gasteiger partial charge < -0.3 is 18.9 Å². The van der Waals surface area contributed by atoms with E-state index in [1.807, 2.05) is 21.1 Å². The predicted octanol–water partition coefficient (Wildman–Crippen LogP) is 15.4. The van der Waals surface area contributed by atoms with Crippen molar-refractivity contribution in [1.29, 1.82) is 0 Å². The van der Waals surface area contributed by atoms with Crippen LogP contribution < -0.4 is 0 Å². The van der Waals surface area contributed by atoms with Crippen molar-refractivity contribution in [3.8, 4) is 0 Å². The van der Waals surface area contributed by atoms with Gasteiger partial charge in [0, 0.05) is 13.0 Å². The van der Waals surface area contributed by atoms with Gasteiger partial charge in [0.15, 0.2) is 0 Å². The molecule has 2 atom stereocenters. The number of rotatable bonds is 45. The summed E-state index contributed by atoms with van der Waals surface area (Å²) in [7, 11) is 1.63. The predicted molar refractivity (Wildman–Crippen MR) is 270 cm³/mol. The first kappa shape index (κ1) is 60.4. The number of nitrogens with zero attached hydrogens (tertiary/aromatic N) is 1. The van der Waals surface area contributed by atoms with Gasteiger partial charge in [-0.25, -0.2) is 4.57 Å². The van der Waals surface area contributed by atoms with Crippen molar-refractivity contribution in [3.63, 3.8) is 0 Å². The Morgan fingerprint density at radius 1 is 0.508 bits per heavy atom. The molecule has 1 N–H and O–H groups in total. The van der Waals surface area contributed by atoms with Crippen molar-refractivity contribution < 1.29 is 37.3 Å². The van der Waals surface area contributed by atoms with Gasteiger partial charge >= 0.3 is 13.8 Å². The Morgan fingerprint density at radius 3 is 1.40 bits per heavy atom. The lowest BCUT2D eigenvalue weighted by Crippen LogP contribution is -2.37. The van der Waals surface area contributed by atoms with E-state index in [4.69, 9.17) is 18.5 Å². The lowest BCUT2D eigenvalue weighted by Gasteiger charge is -2.24. The van der Waals surface area contributed by atoms with Crippen LogP contribution in [0.2, 0.25) is 0 Å². The molecule has 2 unspecified atom stereocenters. The summed E-state index contributed by atoms with van der Waals surface area (Å²) in [5, 5.41) is 0. The van der Waals surface area contributed by atoms with Crippen LogP contribution in [0.15, 0.2) is 97.2 Å². The molecule has 0 saturated carbocycles. The van der Waals surface area contributed by atoms with Gasteiger partial charge in [-0.15, -0.1) is 0 Å². The average Bonchev–Trinajstić information content (AvgIpc) is 3.24. The Hall–Kier alpha value is -2.58. The van der Waals surface area contributed by atoms with Gasteiger partial charge in [0.25, 0.3) is 0 Å². The molecule has 0 aliphatic rings. The number of esters is 1. The summed E-state index contributed by atoms with van der Waals surface area (Å²) in [6.45, 7) is 5.41. The number of carbonyl (C=O) groups excluding carboxylic acids is 1. The van der Waals surface area contributed by atoms with E-state index in [9.17, 15) is 14.3 Å². The van der Waals surface area contributed by atoms with Crippen LogP contribution >= 0.6 is 7.82 Å². The van der Waals surface area contributed by atoms with E-state index in [-0.39, 0.29) is 25.8 Å². The molecule has 0 saturated heterocycles. The van der Waals surface area contributed by atoms with E-state index >= 15 is 0 Å². The first-order chi connectivity index (χ1) is 30.6. The lowest BCUT2D eigenvalue weighted by molar-refractivity contribution is -0.870. The van der Waals surface area contributed by atoms with Crippen LogP contribution in [-0.2, 0) is 27.9 Å². The van der Waals surface area contributed by atoms with E-state index in [1.165, 1.54) is 51.4 Å². The van der Waals surface area contributed by atoms with E-state index in [2.05, 4.69) is 111 Å². The Bertz CT molecular complexity index is 1320. The van der Waals surface area contributed by atoms with Crippen molar-refractivity contribution in [2.24, 2.45) is 0 Å². The zero-order chi connectivity index (χ0) is 46.2. The number of quaternary nitrogens is 1. The lowest BCUT2D eigenvalue weighted by atomic mass is 10.1. The number of phosphoric ester groups is 1. The SMILES string of the molecule is CC/C=C\C/C=C\C/C=C\C/C=C\C/C=C\C/C=C\C/C=C\CCCCCCOCC(COP(=O)(O)OCC[N+](C)(C)C)OC(=O)CCCCCCC/C=C\CCCCCCCC. The maximum atomic E-state index is 12.7. The minimum absolute atomic E-state index is 0.0764. The number of ether oxygens (including phenoxy) is 2. The molecule has 0 radical (unpaired) electrons. The molecule has 0 bridgehead atoms. The summed E-state index contributed by atoms with van der Waals surface area (Å²) < 4.78 is 35.1. The topological polar surface area (TPSA) is 91.3 Å². The van der Waals surface area contributed by atoms with Crippen molar-refractivity contribution in [1.82, 2.24) is 0 Å². The number of hydrogen-bond acceptors (Lipinski definition) is 6. The smallest absolute Gasteiger partial charge is 0.457 e. The fourth-order valence-corrected chi connectivity index (χ4v) is 7.03. The third-order valence-corrected chi connectivity index (χ3v) is 11.1. The van der Waals surface area contributed by atoms with E-state index < -0.39 is 13.9 Å². The molecule has 9 heteroatoms. The third-order valence-electron chi connectivity index (χ3n) is 10.1. The molecule has 0 amide bonds. The largest absolute Gasteiger partial charge is 0.472 e. The molecule has 0 aromatic heterocycles. The number of hydrogen-bond donors (Lipinski definition) is 1. The highest BCUT2D eigenvalue weighted by Crippen LogP contribution is 2.43. The zero-order valence-corrected chi connectivity index (χ0v) is 41.9. The Kier molecular flexibility index (Phi) is 44.1. The monoisotopic (exact) mass is 901 g/mol. The number of unbranched alkanes of at least 4 members (excludes halogenated alkanes) is 15. The quantitative estimate of drug-likeness (QED) is 0.0214. The fourth-order valence-electron chi connectivity index (χ4n) is 6.29. The number of carbonyl (C=O) groups is 1. The minimum atomic E-state index is -4.29. The van der Waals surface area contributed by atoms with Crippen LogP contribution in [0, 0.1) is 0 Å². The number of allylic oxidation sites excluding steroid dienone is 16. The molecular formula is C54H95NO7P+.